The van der Waals surface area contributed by atoms with Gasteiger partial charge < -0.3 is 20.8 Å². The molecule has 166 valence electrons. The van der Waals surface area contributed by atoms with Gasteiger partial charge in [-0.1, -0.05) is 19.0 Å². The summed E-state index contributed by atoms with van der Waals surface area (Å²) in [4.78, 5) is 5.30. The summed E-state index contributed by atoms with van der Waals surface area (Å²) in [6.45, 7) is 6.04. The normalized spacial score (nSPS) is 49.5. The van der Waals surface area contributed by atoms with Gasteiger partial charge in [-0.15, -0.1) is 0 Å². The molecule has 8 atom stereocenters. The molecule has 4 aliphatic rings. The summed E-state index contributed by atoms with van der Waals surface area (Å²) in [5.74, 6) is 2.14. The lowest BCUT2D eigenvalue weighted by Gasteiger charge is -2.63. The highest BCUT2D eigenvalue weighted by Crippen LogP contribution is 2.69. The number of rotatable bonds is 6. The molecule has 0 aliphatic heterocycles. The highest BCUT2D eigenvalue weighted by molar-refractivity contribution is 5.57. The van der Waals surface area contributed by atoms with Crippen molar-refractivity contribution in [3.63, 3.8) is 0 Å². The molecule has 4 fully saturated rings. The second-order valence-electron chi connectivity index (χ2n) is 11.0. The Morgan fingerprint density at radius 3 is 2.69 bits per heavy atom. The van der Waals surface area contributed by atoms with E-state index in [0.29, 0.717) is 42.2 Å². The summed E-state index contributed by atoms with van der Waals surface area (Å²) in [7, 11) is 0. The standard InChI is InChI=1S/C24H42N2O3/c1-22-10-7-19(27)16-18(22)4-5-21-20(22)8-11-23(2)17(6-12-24(21,23)28)9-14-26-29-15-3-13-25/h14,17-21,27-28H,3-13,15-16,25H2,1-2H3/b26-14+/t17?,18?,19?,20-,21-,22+,23-,24-/m1/s1. The molecule has 0 radical (unpaired) electrons. The summed E-state index contributed by atoms with van der Waals surface area (Å²) in [5, 5.41) is 26.5. The van der Waals surface area contributed by atoms with Gasteiger partial charge in [0.15, 0.2) is 0 Å². The summed E-state index contributed by atoms with van der Waals surface area (Å²) >= 11 is 0. The third-order valence-corrected chi connectivity index (χ3v) is 10.00. The van der Waals surface area contributed by atoms with Crippen molar-refractivity contribution in [2.45, 2.75) is 96.2 Å². The van der Waals surface area contributed by atoms with Crippen molar-refractivity contribution in [3.8, 4) is 0 Å². The fourth-order valence-electron chi connectivity index (χ4n) is 8.12. The largest absolute Gasteiger partial charge is 0.396 e. The second kappa shape index (κ2) is 8.12. The minimum atomic E-state index is -0.543. The predicted molar refractivity (Wildman–Crippen MR) is 115 cm³/mol. The third-order valence-electron chi connectivity index (χ3n) is 10.00. The Labute approximate surface area is 176 Å². The fourth-order valence-corrected chi connectivity index (χ4v) is 8.12. The smallest absolute Gasteiger partial charge is 0.118 e. The number of hydrogen-bond acceptors (Lipinski definition) is 5. The van der Waals surface area contributed by atoms with Gasteiger partial charge in [0, 0.05) is 6.21 Å². The molecule has 4 N–H and O–H groups in total. The molecule has 0 aromatic heterocycles. The van der Waals surface area contributed by atoms with Crippen molar-refractivity contribution >= 4 is 6.21 Å². The lowest BCUT2D eigenvalue weighted by molar-refractivity contribution is -0.209. The van der Waals surface area contributed by atoms with Gasteiger partial charge in [0.05, 0.1) is 11.7 Å². The van der Waals surface area contributed by atoms with Crippen molar-refractivity contribution in [2.75, 3.05) is 13.2 Å². The first-order chi connectivity index (χ1) is 13.8. The number of nitrogens with zero attached hydrogens (tertiary/aromatic N) is 1. The van der Waals surface area contributed by atoms with E-state index in [0.717, 1.165) is 57.8 Å². The van der Waals surface area contributed by atoms with Crippen LogP contribution < -0.4 is 5.73 Å². The van der Waals surface area contributed by atoms with E-state index < -0.39 is 5.60 Å². The number of hydrogen-bond donors (Lipinski definition) is 3. The molecule has 3 unspecified atom stereocenters. The molecule has 0 saturated heterocycles. The molecule has 0 amide bonds. The van der Waals surface area contributed by atoms with Crippen LogP contribution in [0.4, 0.5) is 0 Å². The average molecular weight is 407 g/mol. The van der Waals surface area contributed by atoms with Gasteiger partial charge in [0.25, 0.3) is 0 Å². The van der Waals surface area contributed by atoms with Gasteiger partial charge in [-0.25, -0.2) is 0 Å². The van der Waals surface area contributed by atoms with Gasteiger partial charge >= 0.3 is 0 Å². The summed E-state index contributed by atoms with van der Waals surface area (Å²) in [5.41, 5.74) is 5.23. The maximum Gasteiger partial charge on any atom is 0.118 e. The minimum Gasteiger partial charge on any atom is -0.396 e. The van der Waals surface area contributed by atoms with E-state index in [4.69, 9.17) is 10.6 Å². The summed E-state index contributed by atoms with van der Waals surface area (Å²) in [6, 6.07) is 0. The molecule has 5 heteroatoms. The Bertz CT molecular complexity index is 613. The highest BCUT2D eigenvalue weighted by atomic mass is 16.6. The van der Waals surface area contributed by atoms with E-state index in [1.54, 1.807) is 0 Å². The van der Waals surface area contributed by atoms with Crippen molar-refractivity contribution in [3.05, 3.63) is 0 Å². The van der Waals surface area contributed by atoms with E-state index in [1.165, 1.54) is 12.8 Å². The Morgan fingerprint density at radius 1 is 1.07 bits per heavy atom. The number of aliphatic hydroxyl groups is 2. The zero-order chi connectivity index (χ0) is 20.7. The number of aliphatic hydroxyl groups excluding tert-OH is 1. The molecule has 4 rings (SSSR count). The van der Waals surface area contributed by atoms with Crippen LogP contribution in [0.15, 0.2) is 5.16 Å². The van der Waals surface area contributed by atoms with Crippen molar-refractivity contribution in [1.82, 2.24) is 0 Å². The highest BCUT2D eigenvalue weighted by Gasteiger charge is 2.66. The Balaban J connectivity index is 1.46. The van der Waals surface area contributed by atoms with E-state index in [2.05, 4.69) is 19.0 Å². The topological polar surface area (TPSA) is 88.1 Å². The minimum absolute atomic E-state index is 0.0190. The predicted octanol–water partition coefficient (Wildman–Crippen LogP) is 3.86. The van der Waals surface area contributed by atoms with Crippen LogP contribution in [0, 0.1) is 34.5 Å². The van der Waals surface area contributed by atoms with E-state index >= 15 is 0 Å². The van der Waals surface area contributed by atoms with Crippen LogP contribution in [-0.4, -0.2) is 41.3 Å². The van der Waals surface area contributed by atoms with Crippen LogP contribution in [0.5, 0.6) is 0 Å². The molecule has 29 heavy (non-hydrogen) atoms. The molecule has 5 nitrogen and oxygen atoms in total. The number of fused-ring (bicyclic) bond motifs is 5. The molecule has 0 spiro atoms. The third kappa shape index (κ3) is 3.45. The van der Waals surface area contributed by atoms with Crippen molar-refractivity contribution in [1.29, 1.82) is 0 Å². The van der Waals surface area contributed by atoms with Crippen LogP contribution >= 0.6 is 0 Å². The maximum absolute atomic E-state index is 12.1. The first kappa shape index (κ1) is 21.6. The van der Waals surface area contributed by atoms with Crippen LogP contribution in [0.1, 0.15) is 84.5 Å². The molecule has 0 heterocycles. The van der Waals surface area contributed by atoms with Gasteiger partial charge in [-0.05, 0) is 112 Å². The quantitative estimate of drug-likeness (QED) is 0.355. The number of oxime groups is 1. The van der Waals surface area contributed by atoms with Crippen molar-refractivity contribution in [2.24, 2.45) is 45.4 Å². The van der Waals surface area contributed by atoms with E-state index in [1.807, 2.05) is 6.21 Å². The molecule has 0 bridgehead atoms. The van der Waals surface area contributed by atoms with Crippen LogP contribution in [0.2, 0.25) is 0 Å². The van der Waals surface area contributed by atoms with Gasteiger partial charge in [-0.3, -0.25) is 0 Å². The molecule has 4 saturated carbocycles. The second-order valence-corrected chi connectivity index (χ2v) is 11.0. The van der Waals surface area contributed by atoms with Gasteiger partial charge in [0.2, 0.25) is 0 Å². The van der Waals surface area contributed by atoms with Crippen LogP contribution in [0.25, 0.3) is 0 Å². The summed E-state index contributed by atoms with van der Waals surface area (Å²) < 4.78 is 0. The SMILES string of the molecule is C[C@]12CCC(O)CC1CC[C@@H]1[C@H]2CC[C@]2(C)C(C/C=N/OCCCN)CC[C@@]12O. The maximum atomic E-state index is 12.1. The Morgan fingerprint density at radius 2 is 1.90 bits per heavy atom. The number of nitrogens with two attached hydrogens (primary N) is 1. The molecule has 4 aliphatic carbocycles. The lowest BCUT2D eigenvalue weighted by atomic mass is 9.43. The first-order valence-corrected chi connectivity index (χ1v) is 12.1. The molecular formula is C24H42N2O3. The fraction of sp³-hybridized carbons (Fsp3) is 0.958. The molecular weight excluding hydrogens is 364 g/mol. The molecule has 0 aromatic rings. The van der Waals surface area contributed by atoms with Gasteiger partial charge in [0.1, 0.15) is 6.61 Å². The van der Waals surface area contributed by atoms with Gasteiger partial charge in [-0.2, -0.15) is 0 Å². The zero-order valence-corrected chi connectivity index (χ0v) is 18.5. The molecule has 0 aromatic carbocycles. The Kier molecular flexibility index (Phi) is 6.04. The monoisotopic (exact) mass is 406 g/mol. The first-order valence-electron chi connectivity index (χ1n) is 12.1. The van der Waals surface area contributed by atoms with Crippen molar-refractivity contribution < 1.29 is 15.1 Å². The summed E-state index contributed by atoms with van der Waals surface area (Å²) in [6.07, 6.45) is 13.2. The Hall–Kier alpha value is -0.650. The van der Waals surface area contributed by atoms with E-state index in [-0.39, 0.29) is 11.5 Å². The van der Waals surface area contributed by atoms with Crippen LogP contribution in [0.3, 0.4) is 0 Å². The lowest BCUT2D eigenvalue weighted by Crippen LogP contribution is -2.62. The zero-order valence-electron chi connectivity index (χ0n) is 18.5. The average Bonchev–Trinajstić information content (AvgIpc) is 2.96. The van der Waals surface area contributed by atoms with E-state index in [9.17, 15) is 10.2 Å². The van der Waals surface area contributed by atoms with Crippen LogP contribution in [-0.2, 0) is 4.84 Å².